The first-order valence-corrected chi connectivity index (χ1v) is 3.77. The first kappa shape index (κ1) is 12.2. The van der Waals surface area contributed by atoms with Crippen LogP contribution in [0.25, 0.3) is 0 Å². The van der Waals surface area contributed by atoms with Crippen molar-refractivity contribution in [1.29, 1.82) is 0 Å². The van der Waals surface area contributed by atoms with E-state index in [4.69, 9.17) is 5.73 Å². The minimum atomic E-state index is -4.21. The van der Waals surface area contributed by atoms with Crippen molar-refractivity contribution in [2.24, 2.45) is 5.73 Å². The molecular weight excluding hydrogens is 185 g/mol. The van der Waals surface area contributed by atoms with Crippen LogP contribution >= 0.6 is 0 Å². The lowest BCUT2D eigenvalue weighted by Gasteiger charge is -2.22. The molecule has 0 aromatic carbocycles. The fourth-order valence-corrected chi connectivity index (χ4v) is 0.604. The molecule has 3 nitrogen and oxygen atoms in total. The van der Waals surface area contributed by atoms with Crippen LogP contribution in [0.1, 0.15) is 20.3 Å². The lowest BCUT2D eigenvalue weighted by Crippen LogP contribution is -2.51. The standard InChI is InChI=1S/C7H13F3N2O/c1-6(2,5(11)13)12-4-3-7(8,9)10/h12H,3-4H2,1-2H3,(H2,11,13). The van der Waals surface area contributed by atoms with Gasteiger partial charge in [0.15, 0.2) is 0 Å². The first-order chi connectivity index (χ1) is 5.65. The summed E-state index contributed by atoms with van der Waals surface area (Å²) in [6, 6.07) is 0. The second-order valence-electron chi connectivity index (χ2n) is 3.28. The SMILES string of the molecule is CC(C)(NCCC(F)(F)F)C(N)=O. The monoisotopic (exact) mass is 198 g/mol. The summed E-state index contributed by atoms with van der Waals surface area (Å²) in [6.07, 6.45) is -5.18. The van der Waals surface area contributed by atoms with E-state index in [0.29, 0.717) is 0 Å². The average Bonchev–Trinajstić information content (AvgIpc) is 1.82. The summed E-state index contributed by atoms with van der Waals surface area (Å²) in [5, 5.41) is 2.42. The van der Waals surface area contributed by atoms with E-state index in [1.807, 2.05) is 0 Å². The molecule has 0 rings (SSSR count). The van der Waals surface area contributed by atoms with Crippen molar-refractivity contribution in [3.8, 4) is 0 Å². The number of carbonyl (C=O) groups is 1. The van der Waals surface area contributed by atoms with Crippen molar-refractivity contribution in [3.63, 3.8) is 0 Å². The molecule has 13 heavy (non-hydrogen) atoms. The second kappa shape index (κ2) is 3.95. The van der Waals surface area contributed by atoms with Crippen LogP contribution in [0.15, 0.2) is 0 Å². The fourth-order valence-electron chi connectivity index (χ4n) is 0.604. The highest BCUT2D eigenvalue weighted by atomic mass is 19.4. The van der Waals surface area contributed by atoms with Gasteiger partial charge in [0, 0.05) is 6.54 Å². The minimum Gasteiger partial charge on any atom is -0.368 e. The van der Waals surface area contributed by atoms with Crippen molar-refractivity contribution in [1.82, 2.24) is 5.32 Å². The normalized spacial score (nSPS) is 13.0. The van der Waals surface area contributed by atoms with Gasteiger partial charge in [0.05, 0.1) is 12.0 Å². The van der Waals surface area contributed by atoms with E-state index < -0.39 is 24.0 Å². The lowest BCUT2D eigenvalue weighted by atomic mass is 10.1. The summed E-state index contributed by atoms with van der Waals surface area (Å²) in [6.45, 7) is 2.57. The predicted octanol–water partition coefficient (Wildman–Crippen LogP) is 0.792. The number of halogens is 3. The Morgan fingerprint density at radius 3 is 2.15 bits per heavy atom. The molecule has 0 radical (unpaired) electrons. The summed E-state index contributed by atoms with van der Waals surface area (Å²) in [7, 11) is 0. The highest BCUT2D eigenvalue weighted by Gasteiger charge is 2.29. The predicted molar refractivity (Wildman–Crippen MR) is 41.9 cm³/mol. The Hall–Kier alpha value is -0.780. The third-order valence-corrected chi connectivity index (χ3v) is 1.59. The smallest absolute Gasteiger partial charge is 0.368 e. The van der Waals surface area contributed by atoms with Crippen LogP contribution in [-0.4, -0.2) is 24.2 Å². The van der Waals surface area contributed by atoms with Crippen molar-refractivity contribution in [2.75, 3.05) is 6.54 Å². The van der Waals surface area contributed by atoms with Gasteiger partial charge in [0.2, 0.25) is 5.91 Å². The van der Waals surface area contributed by atoms with Crippen molar-refractivity contribution >= 4 is 5.91 Å². The van der Waals surface area contributed by atoms with E-state index in [9.17, 15) is 18.0 Å². The Balaban J connectivity index is 3.84. The first-order valence-electron chi connectivity index (χ1n) is 3.77. The number of nitrogens with one attached hydrogen (secondary N) is 1. The van der Waals surface area contributed by atoms with Gasteiger partial charge < -0.3 is 11.1 Å². The number of primary amides is 1. The van der Waals surface area contributed by atoms with Crippen LogP contribution in [0, 0.1) is 0 Å². The molecule has 0 saturated heterocycles. The molecule has 6 heteroatoms. The molecule has 0 atom stereocenters. The zero-order valence-corrected chi connectivity index (χ0v) is 7.53. The fraction of sp³-hybridized carbons (Fsp3) is 0.857. The maximum Gasteiger partial charge on any atom is 0.390 e. The molecule has 1 amide bonds. The number of hydrogen-bond acceptors (Lipinski definition) is 2. The molecular formula is C7H13F3N2O. The molecule has 0 aliphatic carbocycles. The average molecular weight is 198 g/mol. The van der Waals surface area contributed by atoms with E-state index in [1.54, 1.807) is 0 Å². The van der Waals surface area contributed by atoms with Gasteiger partial charge in [-0.15, -0.1) is 0 Å². The van der Waals surface area contributed by atoms with Gasteiger partial charge >= 0.3 is 6.18 Å². The number of alkyl halides is 3. The third-order valence-electron chi connectivity index (χ3n) is 1.59. The van der Waals surface area contributed by atoms with Gasteiger partial charge in [-0.3, -0.25) is 4.79 Å². The van der Waals surface area contributed by atoms with Gasteiger partial charge in [-0.2, -0.15) is 13.2 Å². The largest absolute Gasteiger partial charge is 0.390 e. The van der Waals surface area contributed by atoms with Crippen LogP contribution in [0.3, 0.4) is 0 Å². The van der Waals surface area contributed by atoms with E-state index in [0.717, 1.165) is 0 Å². The maximum absolute atomic E-state index is 11.7. The summed E-state index contributed by atoms with van der Waals surface area (Å²) in [5.74, 6) is -0.672. The summed E-state index contributed by atoms with van der Waals surface area (Å²) in [5.41, 5.74) is 3.85. The quantitative estimate of drug-likeness (QED) is 0.701. The van der Waals surface area contributed by atoms with Gasteiger partial charge in [-0.25, -0.2) is 0 Å². The Labute approximate surface area is 74.5 Å². The Kier molecular flexibility index (Phi) is 3.71. The number of nitrogens with two attached hydrogens (primary N) is 1. The Morgan fingerprint density at radius 1 is 1.38 bits per heavy atom. The van der Waals surface area contributed by atoms with E-state index in [2.05, 4.69) is 5.32 Å². The molecule has 0 aromatic heterocycles. The van der Waals surface area contributed by atoms with E-state index >= 15 is 0 Å². The molecule has 3 N–H and O–H groups in total. The number of carbonyl (C=O) groups excluding carboxylic acids is 1. The zero-order chi connectivity index (χ0) is 10.7. The summed E-state index contributed by atoms with van der Waals surface area (Å²) < 4.78 is 35.0. The zero-order valence-electron chi connectivity index (χ0n) is 7.53. The lowest BCUT2D eigenvalue weighted by molar-refractivity contribution is -0.136. The summed E-state index contributed by atoms with van der Waals surface area (Å²) in [4.78, 5) is 10.7. The van der Waals surface area contributed by atoms with E-state index in [-0.39, 0.29) is 6.54 Å². The molecule has 0 unspecified atom stereocenters. The molecule has 0 aliphatic rings. The topological polar surface area (TPSA) is 55.1 Å². The van der Waals surface area contributed by atoms with Crippen molar-refractivity contribution in [2.45, 2.75) is 32.0 Å². The molecule has 0 fully saturated rings. The van der Waals surface area contributed by atoms with Gasteiger partial charge in [-0.05, 0) is 13.8 Å². The number of rotatable bonds is 4. The van der Waals surface area contributed by atoms with Crippen LogP contribution in [0.2, 0.25) is 0 Å². The van der Waals surface area contributed by atoms with Crippen LogP contribution < -0.4 is 11.1 Å². The Morgan fingerprint density at radius 2 is 1.85 bits per heavy atom. The molecule has 78 valence electrons. The molecule has 0 bridgehead atoms. The molecule has 0 aliphatic heterocycles. The van der Waals surface area contributed by atoms with Gasteiger partial charge in [-0.1, -0.05) is 0 Å². The highest BCUT2D eigenvalue weighted by Crippen LogP contribution is 2.18. The van der Waals surface area contributed by atoms with Gasteiger partial charge in [0.25, 0.3) is 0 Å². The van der Waals surface area contributed by atoms with Gasteiger partial charge in [0.1, 0.15) is 0 Å². The molecule has 0 heterocycles. The molecule has 0 aromatic rings. The molecule has 0 spiro atoms. The van der Waals surface area contributed by atoms with Crippen molar-refractivity contribution < 1.29 is 18.0 Å². The number of hydrogen-bond donors (Lipinski definition) is 2. The third kappa shape index (κ3) is 5.46. The van der Waals surface area contributed by atoms with Crippen LogP contribution in [-0.2, 0) is 4.79 Å². The minimum absolute atomic E-state index is 0.306. The number of amides is 1. The van der Waals surface area contributed by atoms with Crippen LogP contribution in [0.4, 0.5) is 13.2 Å². The summed E-state index contributed by atoms with van der Waals surface area (Å²) >= 11 is 0. The highest BCUT2D eigenvalue weighted by molar-refractivity contribution is 5.83. The maximum atomic E-state index is 11.7. The van der Waals surface area contributed by atoms with Crippen molar-refractivity contribution in [3.05, 3.63) is 0 Å². The Bertz CT molecular complexity index is 189. The van der Waals surface area contributed by atoms with E-state index in [1.165, 1.54) is 13.8 Å². The van der Waals surface area contributed by atoms with Crippen LogP contribution in [0.5, 0.6) is 0 Å². The second-order valence-corrected chi connectivity index (χ2v) is 3.28. The molecule has 0 saturated carbocycles.